The molecule has 0 atom stereocenters. The third-order valence-electron chi connectivity index (χ3n) is 3.42. The molecule has 0 aliphatic carbocycles. The van der Waals surface area contributed by atoms with Gasteiger partial charge in [0, 0.05) is 26.4 Å². The number of nitrogens with zero attached hydrogens (tertiary/aromatic N) is 1. The van der Waals surface area contributed by atoms with Gasteiger partial charge >= 0.3 is 7.82 Å². The zero-order valence-corrected chi connectivity index (χ0v) is 15.3. The zero-order chi connectivity index (χ0) is 19.2. The van der Waals surface area contributed by atoms with Crippen molar-refractivity contribution < 1.29 is 27.8 Å². The van der Waals surface area contributed by atoms with E-state index < -0.39 is 12.7 Å². The topological polar surface area (TPSA) is 97.1 Å². The van der Waals surface area contributed by atoms with Gasteiger partial charge in [0.05, 0.1) is 12.0 Å². The SMILES string of the molecule is COc1cc(/C=C/c2ccc([N+](=O)[O-])cc2)ccc1OP(=O)(OC)OC. The lowest BCUT2D eigenvalue weighted by atomic mass is 10.1. The Morgan fingerprint density at radius 2 is 1.50 bits per heavy atom. The highest BCUT2D eigenvalue weighted by atomic mass is 31.2. The number of ether oxygens (including phenoxy) is 1. The van der Waals surface area contributed by atoms with Crippen LogP contribution in [-0.2, 0) is 13.6 Å². The molecule has 0 saturated heterocycles. The van der Waals surface area contributed by atoms with Crippen LogP contribution in [-0.4, -0.2) is 26.3 Å². The molecule has 0 radical (unpaired) electrons. The summed E-state index contributed by atoms with van der Waals surface area (Å²) in [5.41, 5.74) is 1.63. The van der Waals surface area contributed by atoms with Crippen LogP contribution < -0.4 is 9.26 Å². The van der Waals surface area contributed by atoms with Gasteiger partial charge in [-0.25, -0.2) is 4.57 Å². The van der Waals surface area contributed by atoms with E-state index in [0.29, 0.717) is 5.75 Å². The summed E-state index contributed by atoms with van der Waals surface area (Å²) in [4.78, 5) is 10.2. The summed E-state index contributed by atoms with van der Waals surface area (Å²) >= 11 is 0. The Labute approximate surface area is 150 Å². The second kappa shape index (κ2) is 8.62. The van der Waals surface area contributed by atoms with Crippen LogP contribution in [0.15, 0.2) is 42.5 Å². The monoisotopic (exact) mass is 379 g/mol. The van der Waals surface area contributed by atoms with Crippen molar-refractivity contribution in [2.75, 3.05) is 21.3 Å². The molecule has 0 N–H and O–H groups in total. The lowest BCUT2D eigenvalue weighted by Gasteiger charge is -2.16. The Kier molecular flexibility index (Phi) is 6.52. The number of rotatable bonds is 8. The van der Waals surface area contributed by atoms with Gasteiger partial charge < -0.3 is 9.26 Å². The third kappa shape index (κ3) is 4.92. The van der Waals surface area contributed by atoms with Gasteiger partial charge in [-0.1, -0.05) is 18.2 Å². The first-order chi connectivity index (χ1) is 12.4. The first kappa shape index (κ1) is 19.7. The zero-order valence-electron chi connectivity index (χ0n) is 14.4. The Balaban J connectivity index is 2.20. The summed E-state index contributed by atoms with van der Waals surface area (Å²) in [7, 11) is 0.208. The number of non-ortho nitro benzene ring substituents is 1. The van der Waals surface area contributed by atoms with Gasteiger partial charge in [0.25, 0.3) is 5.69 Å². The van der Waals surface area contributed by atoms with Crippen molar-refractivity contribution in [3.63, 3.8) is 0 Å². The molecule has 8 nitrogen and oxygen atoms in total. The number of methoxy groups -OCH3 is 1. The van der Waals surface area contributed by atoms with E-state index in [0.717, 1.165) is 11.1 Å². The van der Waals surface area contributed by atoms with Crippen LogP contribution in [0.3, 0.4) is 0 Å². The Morgan fingerprint density at radius 1 is 0.923 bits per heavy atom. The molecule has 0 spiro atoms. The highest BCUT2D eigenvalue weighted by Gasteiger charge is 2.26. The second-order valence-electron chi connectivity index (χ2n) is 5.00. The largest absolute Gasteiger partial charge is 0.529 e. The predicted octanol–water partition coefficient (Wildman–Crippen LogP) is 4.55. The molecule has 0 aliphatic heterocycles. The molecule has 0 bridgehead atoms. The lowest BCUT2D eigenvalue weighted by molar-refractivity contribution is -0.384. The van der Waals surface area contributed by atoms with Gasteiger partial charge in [-0.05, 0) is 35.4 Å². The molecule has 138 valence electrons. The number of nitro benzene ring substituents is 1. The number of phosphoric acid groups is 1. The fourth-order valence-corrected chi connectivity index (χ4v) is 2.72. The predicted molar refractivity (Wildman–Crippen MR) is 97.3 cm³/mol. The fourth-order valence-electron chi connectivity index (χ4n) is 2.03. The highest BCUT2D eigenvalue weighted by molar-refractivity contribution is 7.48. The van der Waals surface area contributed by atoms with Crippen LogP contribution in [0.1, 0.15) is 11.1 Å². The number of hydrogen-bond donors (Lipinski definition) is 0. The maximum Gasteiger partial charge on any atom is 0.529 e. The lowest BCUT2D eigenvalue weighted by Crippen LogP contribution is -1.99. The van der Waals surface area contributed by atoms with Crippen molar-refractivity contribution in [1.82, 2.24) is 0 Å². The van der Waals surface area contributed by atoms with E-state index in [4.69, 9.17) is 18.3 Å². The van der Waals surface area contributed by atoms with Crippen molar-refractivity contribution in [2.24, 2.45) is 0 Å². The molecule has 9 heteroatoms. The smallest absolute Gasteiger partial charge is 0.493 e. The van der Waals surface area contributed by atoms with Gasteiger partial charge in [0.15, 0.2) is 11.5 Å². The summed E-state index contributed by atoms with van der Waals surface area (Å²) in [5, 5.41) is 10.7. The molecule has 2 rings (SSSR count). The molecule has 0 aromatic heterocycles. The average molecular weight is 379 g/mol. The summed E-state index contributed by atoms with van der Waals surface area (Å²) in [6.45, 7) is 0. The van der Waals surface area contributed by atoms with E-state index in [-0.39, 0.29) is 11.4 Å². The van der Waals surface area contributed by atoms with Crippen molar-refractivity contribution in [3.8, 4) is 11.5 Å². The molecule has 0 fully saturated rings. The molecular formula is C17H18NO7P. The summed E-state index contributed by atoms with van der Waals surface area (Å²) in [6, 6.07) is 11.2. The number of benzene rings is 2. The van der Waals surface area contributed by atoms with Gasteiger partial charge in [-0.3, -0.25) is 19.2 Å². The quantitative estimate of drug-likeness (QED) is 0.287. The Bertz CT molecular complexity index is 841. The van der Waals surface area contributed by atoms with Crippen LogP contribution >= 0.6 is 7.82 Å². The highest BCUT2D eigenvalue weighted by Crippen LogP contribution is 2.50. The molecule has 0 aliphatic rings. The normalized spacial score (nSPS) is 11.5. The van der Waals surface area contributed by atoms with E-state index >= 15 is 0 Å². The van der Waals surface area contributed by atoms with Crippen LogP contribution in [0.2, 0.25) is 0 Å². The third-order valence-corrected chi connectivity index (χ3v) is 4.73. The van der Waals surface area contributed by atoms with Crippen molar-refractivity contribution in [2.45, 2.75) is 0 Å². The standard InChI is InChI=1S/C17H18NO7P/c1-22-17-12-14(8-11-16(17)25-26(21,23-2)24-3)5-4-13-6-9-15(10-7-13)18(19)20/h4-12H,1-3H3/b5-4+. The first-order valence-electron chi connectivity index (χ1n) is 7.42. The minimum absolute atomic E-state index is 0.0334. The number of hydrogen-bond acceptors (Lipinski definition) is 7. The van der Waals surface area contributed by atoms with E-state index in [2.05, 4.69) is 0 Å². The maximum absolute atomic E-state index is 12.1. The number of nitro groups is 1. The summed E-state index contributed by atoms with van der Waals surface area (Å²) < 4.78 is 32.1. The molecular weight excluding hydrogens is 361 g/mol. The summed E-state index contributed by atoms with van der Waals surface area (Å²) in [6.07, 6.45) is 3.61. The fraction of sp³-hybridized carbons (Fsp3) is 0.176. The molecule has 0 saturated carbocycles. The van der Waals surface area contributed by atoms with E-state index in [9.17, 15) is 14.7 Å². The molecule has 2 aromatic carbocycles. The average Bonchev–Trinajstić information content (AvgIpc) is 2.67. The van der Waals surface area contributed by atoms with E-state index in [1.54, 1.807) is 42.5 Å². The van der Waals surface area contributed by atoms with Crippen molar-refractivity contribution in [1.29, 1.82) is 0 Å². The van der Waals surface area contributed by atoms with Gasteiger partial charge in [-0.2, -0.15) is 0 Å². The van der Waals surface area contributed by atoms with Crippen LogP contribution in [0.25, 0.3) is 12.2 Å². The Morgan fingerprint density at radius 3 is 2.04 bits per heavy atom. The minimum atomic E-state index is -3.69. The first-order valence-corrected chi connectivity index (χ1v) is 8.88. The Hall–Kier alpha value is -2.67. The molecule has 0 unspecified atom stereocenters. The molecule has 0 amide bonds. The second-order valence-corrected chi connectivity index (χ2v) is 6.80. The maximum atomic E-state index is 12.1. The number of phosphoric ester groups is 1. The van der Waals surface area contributed by atoms with Gasteiger partial charge in [0.1, 0.15) is 0 Å². The summed E-state index contributed by atoms with van der Waals surface area (Å²) in [5.74, 6) is 0.567. The van der Waals surface area contributed by atoms with Gasteiger partial charge in [0.2, 0.25) is 0 Å². The van der Waals surface area contributed by atoms with E-state index in [1.165, 1.54) is 33.5 Å². The van der Waals surface area contributed by atoms with Crippen LogP contribution in [0.4, 0.5) is 5.69 Å². The molecule has 2 aromatic rings. The van der Waals surface area contributed by atoms with Gasteiger partial charge in [-0.15, -0.1) is 0 Å². The van der Waals surface area contributed by atoms with E-state index in [1.807, 2.05) is 0 Å². The molecule has 0 heterocycles. The van der Waals surface area contributed by atoms with Crippen LogP contribution in [0, 0.1) is 10.1 Å². The minimum Gasteiger partial charge on any atom is -0.493 e. The van der Waals surface area contributed by atoms with Crippen molar-refractivity contribution in [3.05, 3.63) is 63.7 Å². The van der Waals surface area contributed by atoms with Crippen molar-refractivity contribution >= 4 is 25.7 Å². The van der Waals surface area contributed by atoms with Crippen LogP contribution in [0.5, 0.6) is 11.5 Å². The molecule has 26 heavy (non-hydrogen) atoms.